The molecule has 0 aromatic heterocycles. The standard InChI is InChI=1S/C40H62O9/c1-8-10-31-25(7)36-38-39(46-31)37-35(47-38)19-40(48-36,49-37)14-13-28-16-22(4)30(43-28)12-11-27-15-21(3)23(5)33(44-27)18-34-29(9-2)24(6)32(45-34)17-26(42)20-41/h8,21,24-39,41-42H,1,4-5,9-20H2,2-3,6-7H3/t21-,24-,25?,26+,27+,28+,29-,30?,31+,32-,33?,34+,35-,36+,37+,38+,39+,40-/m1/s1. The fourth-order valence-electron chi connectivity index (χ4n) is 10.4. The van der Waals surface area contributed by atoms with Crippen LogP contribution in [0.1, 0.15) is 98.3 Å². The zero-order valence-electron chi connectivity index (χ0n) is 30.3. The van der Waals surface area contributed by atoms with E-state index in [1.165, 1.54) is 5.57 Å². The molecule has 18 atom stereocenters. The molecule has 8 rings (SSSR count). The Balaban J connectivity index is 0.908. The van der Waals surface area contributed by atoms with Gasteiger partial charge in [0, 0.05) is 31.6 Å². The van der Waals surface area contributed by atoms with E-state index >= 15 is 0 Å². The fraction of sp³-hybridized carbons (Fsp3) is 0.850. The van der Waals surface area contributed by atoms with Crippen molar-refractivity contribution in [3.63, 3.8) is 0 Å². The van der Waals surface area contributed by atoms with Gasteiger partial charge in [-0.25, -0.2) is 0 Å². The molecule has 6 bridgehead atoms. The second-order valence-corrected chi connectivity index (χ2v) is 16.6. The van der Waals surface area contributed by atoms with Crippen molar-refractivity contribution in [1.29, 1.82) is 0 Å². The summed E-state index contributed by atoms with van der Waals surface area (Å²) in [7, 11) is 0. The quantitative estimate of drug-likeness (QED) is 0.219. The maximum absolute atomic E-state index is 10.1. The Labute approximate surface area is 293 Å². The molecule has 3 unspecified atom stereocenters. The van der Waals surface area contributed by atoms with E-state index in [1.54, 1.807) is 0 Å². The minimum Gasteiger partial charge on any atom is -0.394 e. The molecule has 0 aliphatic carbocycles. The van der Waals surface area contributed by atoms with Crippen LogP contribution >= 0.6 is 0 Å². The Morgan fingerprint density at radius 2 is 1.61 bits per heavy atom. The second kappa shape index (κ2) is 14.7. The third-order valence-corrected chi connectivity index (χ3v) is 13.4. The summed E-state index contributed by atoms with van der Waals surface area (Å²) in [6.07, 6.45) is 10.3. The molecule has 8 aliphatic rings. The van der Waals surface area contributed by atoms with Gasteiger partial charge in [-0.2, -0.15) is 0 Å². The topological polar surface area (TPSA) is 105 Å². The Kier molecular flexibility index (Phi) is 10.9. The summed E-state index contributed by atoms with van der Waals surface area (Å²) < 4.78 is 46.5. The van der Waals surface area contributed by atoms with Crippen LogP contribution < -0.4 is 0 Å². The smallest absolute Gasteiger partial charge is 0.172 e. The van der Waals surface area contributed by atoms with Gasteiger partial charge in [0.1, 0.15) is 18.3 Å². The summed E-state index contributed by atoms with van der Waals surface area (Å²) >= 11 is 0. The van der Waals surface area contributed by atoms with E-state index in [1.807, 2.05) is 6.08 Å². The van der Waals surface area contributed by atoms with E-state index in [4.69, 9.17) is 33.2 Å². The highest BCUT2D eigenvalue weighted by atomic mass is 16.8. The number of ether oxygens (including phenoxy) is 7. The van der Waals surface area contributed by atoms with Gasteiger partial charge in [-0.15, -0.1) is 6.58 Å². The second-order valence-electron chi connectivity index (χ2n) is 16.6. The molecule has 9 heteroatoms. The van der Waals surface area contributed by atoms with Crippen molar-refractivity contribution in [3.05, 3.63) is 37.0 Å². The van der Waals surface area contributed by atoms with E-state index in [0.29, 0.717) is 24.2 Å². The molecule has 276 valence electrons. The van der Waals surface area contributed by atoms with Crippen LogP contribution in [0.3, 0.4) is 0 Å². The molecular weight excluding hydrogens is 624 g/mol. The van der Waals surface area contributed by atoms with Crippen LogP contribution in [0.2, 0.25) is 0 Å². The lowest BCUT2D eigenvalue weighted by Gasteiger charge is -2.42. The highest BCUT2D eigenvalue weighted by Gasteiger charge is 2.67. The van der Waals surface area contributed by atoms with Crippen LogP contribution in [0.5, 0.6) is 0 Å². The lowest BCUT2D eigenvalue weighted by atomic mass is 9.80. The van der Waals surface area contributed by atoms with E-state index < -0.39 is 11.9 Å². The highest BCUT2D eigenvalue weighted by Crippen LogP contribution is 2.54. The summed E-state index contributed by atoms with van der Waals surface area (Å²) in [6, 6.07) is 0. The molecule has 49 heavy (non-hydrogen) atoms. The minimum atomic E-state index is -0.747. The van der Waals surface area contributed by atoms with Gasteiger partial charge in [-0.05, 0) is 67.4 Å². The average Bonchev–Trinajstić information content (AvgIpc) is 3.74. The number of hydrogen-bond acceptors (Lipinski definition) is 9. The van der Waals surface area contributed by atoms with Gasteiger partial charge in [0.15, 0.2) is 5.79 Å². The molecule has 8 heterocycles. The van der Waals surface area contributed by atoms with Crippen LogP contribution in [0.4, 0.5) is 0 Å². The van der Waals surface area contributed by atoms with E-state index in [0.717, 1.165) is 69.8 Å². The molecule has 2 N–H and O–H groups in total. The highest BCUT2D eigenvalue weighted by molar-refractivity contribution is 5.14. The van der Waals surface area contributed by atoms with Crippen LogP contribution in [0.15, 0.2) is 37.0 Å². The molecular formula is C40H62O9. The average molecular weight is 687 g/mol. The van der Waals surface area contributed by atoms with Crippen LogP contribution in [-0.4, -0.2) is 102 Å². The first-order valence-corrected chi connectivity index (χ1v) is 19.4. The Morgan fingerprint density at radius 1 is 0.857 bits per heavy atom. The molecule has 8 saturated heterocycles. The van der Waals surface area contributed by atoms with Crippen molar-refractivity contribution in [2.45, 2.75) is 183 Å². The van der Waals surface area contributed by atoms with Crippen molar-refractivity contribution in [2.75, 3.05) is 6.61 Å². The molecule has 0 radical (unpaired) electrons. The summed E-state index contributed by atoms with van der Waals surface area (Å²) in [5, 5.41) is 19.5. The predicted octanol–water partition coefficient (Wildman–Crippen LogP) is 5.80. The molecule has 0 saturated carbocycles. The maximum Gasteiger partial charge on any atom is 0.172 e. The number of aliphatic hydroxyl groups is 2. The Morgan fingerprint density at radius 3 is 2.37 bits per heavy atom. The van der Waals surface area contributed by atoms with Gasteiger partial charge < -0.3 is 43.4 Å². The normalized spacial score (nSPS) is 49.5. The fourth-order valence-corrected chi connectivity index (χ4v) is 10.4. The third-order valence-electron chi connectivity index (χ3n) is 13.4. The van der Waals surface area contributed by atoms with Gasteiger partial charge in [-0.1, -0.05) is 53.3 Å². The minimum absolute atomic E-state index is 0.0248. The first-order valence-electron chi connectivity index (χ1n) is 19.4. The molecule has 8 aliphatic heterocycles. The van der Waals surface area contributed by atoms with Gasteiger partial charge >= 0.3 is 0 Å². The van der Waals surface area contributed by atoms with Crippen molar-refractivity contribution in [3.8, 4) is 0 Å². The molecule has 0 aromatic rings. The van der Waals surface area contributed by atoms with Gasteiger partial charge in [0.25, 0.3) is 0 Å². The lowest BCUT2D eigenvalue weighted by molar-refractivity contribution is -0.262. The first-order chi connectivity index (χ1) is 23.5. The molecule has 9 nitrogen and oxygen atoms in total. The summed E-state index contributed by atoms with van der Waals surface area (Å²) in [6.45, 7) is 21.5. The monoisotopic (exact) mass is 686 g/mol. The third kappa shape index (κ3) is 7.03. The van der Waals surface area contributed by atoms with Crippen molar-refractivity contribution in [1.82, 2.24) is 0 Å². The Bertz CT molecular complexity index is 1210. The number of rotatable bonds is 14. The van der Waals surface area contributed by atoms with E-state index in [9.17, 15) is 10.2 Å². The first kappa shape index (κ1) is 36.2. The molecule has 8 fully saturated rings. The van der Waals surface area contributed by atoms with Gasteiger partial charge in [0.2, 0.25) is 0 Å². The molecule has 0 spiro atoms. The zero-order chi connectivity index (χ0) is 34.6. The van der Waals surface area contributed by atoms with Crippen molar-refractivity contribution >= 4 is 0 Å². The zero-order valence-corrected chi connectivity index (χ0v) is 30.3. The number of aliphatic hydroxyl groups excluding tert-OH is 2. The van der Waals surface area contributed by atoms with E-state index in [2.05, 4.69) is 47.4 Å². The maximum atomic E-state index is 10.1. The summed E-state index contributed by atoms with van der Waals surface area (Å²) in [5.41, 5.74) is 2.33. The summed E-state index contributed by atoms with van der Waals surface area (Å²) in [5.74, 6) is 0.644. The predicted molar refractivity (Wildman–Crippen MR) is 185 cm³/mol. The molecule has 0 amide bonds. The summed E-state index contributed by atoms with van der Waals surface area (Å²) in [4.78, 5) is 0. The Hall–Kier alpha value is -1.14. The van der Waals surface area contributed by atoms with Gasteiger partial charge in [0.05, 0.1) is 67.6 Å². The largest absolute Gasteiger partial charge is 0.394 e. The number of hydrogen-bond donors (Lipinski definition) is 2. The SMILES string of the molecule is C=CC[C@@H]1O[C@H]2[C@H]3O[C@]4(CC[C@H]5CC(=C)C(CC[C@H]6C[C@@H](C)C(=C)C(C[C@@H]7O[C@H](C[C@H](O)CO)[C@H](C)[C@H]7CC)O6)O5)C[C@H]3O[C@H]2[C@@H](O4)C1C. The van der Waals surface area contributed by atoms with Crippen LogP contribution in [-0.2, 0) is 33.2 Å². The van der Waals surface area contributed by atoms with Crippen molar-refractivity contribution < 1.29 is 43.4 Å². The molecule has 0 aromatic carbocycles. The van der Waals surface area contributed by atoms with Crippen LogP contribution in [0, 0.1) is 23.7 Å². The van der Waals surface area contributed by atoms with Crippen LogP contribution in [0.25, 0.3) is 0 Å². The van der Waals surface area contributed by atoms with E-state index in [-0.39, 0.29) is 85.8 Å². The van der Waals surface area contributed by atoms with Crippen molar-refractivity contribution in [2.24, 2.45) is 23.7 Å². The van der Waals surface area contributed by atoms with Gasteiger partial charge in [-0.3, -0.25) is 0 Å². The lowest BCUT2D eigenvalue weighted by Crippen LogP contribution is -2.54.